The highest BCUT2D eigenvalue weighted by Gasteiger charge is 2.18. The summed E-state index contributed by atoms with van der Waals surface area (Å²) in [6, 6.07) is 0. The molecule has 2 rings (SSSR count). The minimum absolute atomic E-state index is 0.127. The third-order valence-corrected chi connectivity index (χ3v) is 4.02. The zero-order valence-corrected chi connectivity index (χ0v) is 12.9. The molecular weight excluding hydrogens is 302 g/mol. The summed E-state index contributed by atoms with van der Waals surface area (Å²) in [7, 11) is 1.51. The summed E-state index contributed by atoms with van der Waals surface area (Å²) in [6.45, 7) is 5.15. The van der Waals surface area contributed by atoms with E-state index >= 15 is 0 Å². The number of nitrogens with zero attached hydrogens (tertiary/aromatic N) is 5. The molecule has 0 saturated heterocycles. The van der Waals surface area contributed by atoms with E-state index < -0.39 is 9.05 Å². The number of hydrogen-bond acceptors (Lipinski definition) is 5. The number of aryl methyl sites for hydroxylation is 2. The summed E-state index contributed by atoms with van der Waals surface area (Å²) in [5.74, 6) is 1.41. The van der Waals surface area contributed by atoms with Gasteiger partial charge in [-0.25, -0.2) is 23.1 Å². The van der Waals surface area contributed by atoms with Crippen LogP contribution in [0.5, 0.6) is 0 Å². The van der Waals surface area contributed by atoms with Crippen LogP contribution in [0, 0.1) is 0 Å². The second-order valence-electron chi connectivity index (χ2n) is 4.31. The van der Waals surface area contributed by atoms with Crippen LogP contribution in [0.1, 0.15) is 31.9 Å². The normalized spacial score (nSPS) is 11.9. The molecule has 110 valence electrons. The van der Waals surface area contributed by atoms with Gasteiger partial charge in [-0.05, 0) is 6.42 Å². The maximum atomic E-state index is 11.3. The molecule has 7 nitrogen and oxygen atoms in total. The summed E-state index contributed by atoms with van der Waals surface area (Å²) >= 11 is 0. The average molecular weight is 318 g/mol. The van der Waals surface area contributed by atoms with Crippen molar-refractivity contribution in [1.29, 1.82) is 0 Å². The van der Waals surface area contributed by atoms with Crippen molar-refractivity contribution in [3.8, 4) is 0 Å². The van der Waals surface area contributed by atoms with E-state index in [9.17, 15) is 8.42 Å². The van der Waals surface area contributed by atoms with Gasteiger partial charge < -0.3 is 4.57 Å². The van der Waals surface area contributed by atoms with Crippen molar-refractivity contribution in [2.75, 3.05) is 0 Å². The molecule has 0 aliphatic rings. The smallest absolute Gasteiger partial charge is 0.280 e. The Morgan fingerprint density at radius 2 is 2.05 bits per heavy atom. The molecule has 0 aliphatic heterocycles. The van der Waals surface area contributed by atoms with Crippen molar-refractivity contribution in [3.05, 3.63) is 24.2 Å². The van der Waals surface area contributed by atoms with E-state index in [4.69, 9.17) is 10.7 Å². The van der Waals surface area contributed by atoms with Gasteiger partial charge in [0.25, 0.3) is 9.05 Å². The molecule has 2 heterocycles. The molecule has 9 heteroatoms. The molecule has 0 amide bonds. The van der Waals surface area contributed by atoms with E-state index in [-0.39, 0.29) is 5.03 Å². The van der Waals surface area contributed by atoms with Crippen LogP contribution >= 0.6 is 10.7 Å². The molecule has 0 spiro atoms. The second-order valence-corrected chi connectivity index (χ2v) is 6.83. The monoisotopic (exact) mass is 317 g/mol. The van der Waals surface area contributed by atoms with E-state index in [0.717, 1.165) is 18.8 Å². The van der Waals surface area contributed by atoms with E-state index in [0.29, 0.717) is 18.8 Å². The Morgan fingerprint density at radius 3 is 2.65 bits per heavy atom. The van der Waals surface area contributed by atoms with Gasteiger partial charge in [0.05, 0.1) is 6.54 Å². The van der Waals surface area contributed by atoms with Crippen LogP contribution in [-0.4, -0.2) is 32.7 Å². The van der Waals surface area contributed by atoms with Gasteiger partial charge in [0.15, 0.2) is 5.03 Å². The predicted octanol–water partition coefficient (Wildman–Crippen LogP) is 1.42. The van der Waals surface area contributed by atoms with Gasteiger partial charge in [-0.15, -0.1) is 0 Å². The maximum absolute atomic E-state index is 11.3. The van der Waals surface area contributed by atoms with E-state index in [1.54, 1.807) is 9.25 Å². The number of hydrogen-bond donors (Lipinski definition) is 0. The molecule has 2 aromatic heterocycles. The Labute approximate surface area is 122 Å². The molecule has 0 bridgehead atoms. The Bertz CT molecular complexity index is 691. The molecule has 0 aliphatic carbocycles. The van der Waals surface area contributed by atoms with Crippen molar-refractivity contribution in [1.82, 2.24) is 24.3 Å². The van der Waals surface area contributed by atoms with Crippen LogP contribution in [0.2, 0.25) is 0 Å². The van der Waals surface area contributed by atoms with Crippen LogP contribution in [0.15, 0.2) is 17.6 Å². The van der Waals surface area contributed by atoms with Gasteiger partial charge in [0, 0.05) is 29.8 Å². The van der Waals surface area contributed by atoms with Gasteiger partial charge in [0.1, 0.15) is 18.0 Å². The summed E-state index contributed by atoms with van der Waals surface area (Å²) < 4.78 is 26.2. The predicted molar refractivity (Wildman–Crippen MR) is 74.1 cm³/mol. The summed E-state index contributed by atoms with van der Waals surface area (Å²) in [5.41, 5.74) is 0. The third kappa shape index (κ3) is 3.18. The molecule has 20 heavy (non-hydrogen) atoms. The fourth-order valence-electron chi connectivity index (χ4n) is 1.93. The fraction of sp³-hybridized carbons (Fsp3) is 0.545. The first-order valence-corrected chi connectivity index (χ1v) is 8.64. The van der Waals surface area contributed by atoms with Crippen molar-refractivity contribution in [3.63, 3.8) is 0 Å². The fourth-order valence-corrected chi connectivity index (χ4v) is 2.62. The highest BCUT2D eigenvalue weighted by molar-refractivity contribution is 8.13. The largest absolute Gasteiger partial charge is 0.326 e. The Morgan fingerprint density at radius 1 is 1.30 bits per heavy atom. The quantitative estimate of drug-likeness (QED) is 0.752. The van der Waals surface area contributed by atoms with E-state index in [2.05, 4.69) is 22.0 Å². The zero-order chi connectivity index (χ0) is 14.8. The lowest BCUT2D eigenvalue weighted by molar-refractivity contribution is 0.549. The molecule has 0 saturated carbocycles. The molecule has 0 unspecified atom stereocenters. The topological polar surface area (TPSA) is 82.7 Å². The lowest BCUT2D eigenvalue weighted by Gasteiger charge is -2.07. The van der Waals surface area contributed by atoms with Crippen LogP contribution < -0.4 is 0 Å². The Kier molecular flexibility index (Phi) is 4.44. The Balaban J connectivity index is 2.33. The van der Waals surface area contributed by atoms with Crippen LogP contribution in [0.25, 0.3) is 0 Å². The molecular formula is C11H16ClN5O2S. The zero-order valence-electron chi connectivity index (χ0n) is 11.3. The highest BCUT2D eigenvalue weighted by atomic mass is 35.7. The van der Waals surface area contributed by atoms with Crippen LogP contribution in [0.3, 0.4) is 0 Å². The maximum Gasteiger partial charge on any atom is 0.280 e. The molecule has 0 fully saturated rings. The van der Waals surface area contributed by atoms with Crippen molar-refractivity contribution < 1.29 is 8.42 Å². The third-order valence-electron chi connectivity index (χ3n) is 2.85. The number of halogens is 1. The lowest BCUT2D eigenvalue weighted by Crippen LogP contribution is -2.11. The minimum atomic E-state index is -3.82. The first kappa shape index (κ1) is 15.0. The number of imidazole rings is 1. The van der Waals surface area contributed by atoms with Gasteiger partial charge in [0.2, 0.25) is 0 Å². The van der Waals surface area contributed by atoms with Crippen LogP contribution in [-0.2, 0) is 28.6 Å². The lowest BCUT2D eigenvalue weighted by atomic mass is 10.4. The summed E-state index contributed by atoms with van der Waals surface area (Å²) in [4.78, 5) is 8.24. The average Bonchev–Trinajstić information content (AvgIpc) is 2.97. The Hall–Kier alpha value is -1.41. The number of aromatic nitrogens is 5. The second kappa shape index (κ2) is 5.92. The SMILES string of the molecule is CCCn1ncnc1Cn1cc(S(=O)(=O)Cl)nc1CC. The first-order chi connectivity index (χ1) is 9.45. The van der Waals surface area contributed by atoms with Crippen molar-refractivity contribution >= 4 is 19.7 Å². The van der Waals surface area contributed by atoms with Crippen molar-refractivity contribution in [2.45, 2.75) is 44.8 Å². The molecule has 0 N–H and O–H groups in total. The first-order valence-electron chi connectivity index (χ1n) is 6.33. The standard InChI is InChI=1S/C11H16ClN5O2S/c1-3-5-17-10(13-8-14-17)6-16-7-11(20(12,18)19)15-9(16)4-2/h7-8H,3-6H2,1-2H3. The summed E-state index contributed by atoms with van der Waals surface area (Å²) in [5, 5.41) is 4.01. The van der Waals surface area contributed by atoms with E-state index in [1.165, 1.54) is 12.5 Å². The number of rotatable bonds is 6. The van der Waals surface area contributed by atoms with Gasteiger partial charge in [-0.1, -0.05) is 13.8 Å². The molecule has 0 aromatic carbocycles. The van der Waals surface area contributed by atoms with Gasteiger partial charge in [-0.2, -0.15) is 5.10 Å². The summed E-state index contributed by atoms with van der Waals surface area (Å²) in [6.07, 6.45) is 4.48. The highest BCUT2D eigenvalue weighted by Crippen LogP contribution is 2.16. The molecule has 0 atom stereocenters. The van der Waals surface area contributed by atoms with Gasteiger partial charge in [-0.3, -0.25) is 0 Å². The van der Waals surface area contributed by atoms with Crippen molar-refractivity contribution in [2.24, 2.45) is 0 Å². The van der Waals surface area contributed by atoms with Gasteiger partial charge >= 0.3 is 0 Å². The van der Waals surface area contributed by atoms with E-state index in [1.807, 2.05) is 6.92 Å². The molecule has 0 radical (unpaired) electrons. The molecule has 2 aromatic rings. The minimum Gasteiger partial charge on any atom is -0.326 e. The van der Waals surface area contributed by atoms with Crippen LogP contribution in [0.4, 0.5) is 0 Å².